The molecule has 5 heteroatoms. The summed E-state index contributed by atoms with van der Waals surface area (Å²) < 4.78 is 0. The number of carbonyl (C=O) groups is 1. The average molecular weight is 356 g/mol. The number of nitrogens with zero attached hydrogens (tertiary/aromatic N) is 2. The molecule has 1 aliphatic carbocycles. The van der Waals surface area contributed by atoms with Crippen molar-refractivity contribution in [1.82, 2.24) is 15.5 Å². The fraction of sp³-hybridized carbons (Fsp3) is 0.450. The number of benzene rings is 1. The quantitative estimate of drug-likeness (QED) is 0.813. The Bertz CT molecular complexity index is 724. The number of rotatable bonds is 5. The molecule has 4 nitrogen and oxygen atoms in total. The number of amides is 1. The van der Waals surface area contributed by atoms with E-state index >= 15 is 0 Å². The first-order valence-electron chi connectivity index (χ1n) is 8.95. The molecule has 25 heavy (non-hydrogen) atoms. The number of carbonyl (C=O) groups excluding carboxylic acids is 1. The van der Waals surface area contributed by atoms with Crippen LogP contribution in [-0.4, -0.2) is 27.9 Å². The Balaban J connectivity index is 1.55. The van der Waals surface area contributed by atoms with Gasteiger partial charge in [-0.05, 0) is 50.5 Å². The Kier molecular flexibility index (Phi) is 6.08. The first kappa shape index (κ1) is 17.9. The predicted octanol–water partition coefficient (Wildman–Crippen LogP) is 4.30. The van der Waals surface area contributed by atoms with Gasteiger partial charge in [-0.2, -0.15) is 0 Å². The Morgan fingerprint density at radius 3 is 2.64 bits per heavy atom. The van der Waals surface area contributed by atoms with Gasteiger partial charge in [0, 0.05) is 11.6 Å². The summed E-state index contributed by atoms with van der Waals surface area (Å²) >= 11 is 1.44. The third-order valence-corrected chi connectivity index (χ3v) is 5.55. The van der Waals surface area contributed by atoms with Crippen molar-refractivity contribution in [2.24, 2.45) is 0 Å². The molecular formula is C20H25N3OS. The minimum absolute atomic E-state index is 0.0947. The van der Waals surface area contributed by atoms with E-state index in [-0.39, 0.29) is 5.91 Å². The Labute approximate surface area is 153 Å². The lowest BCUT2D eigenvalue weighted by Gasteiger charge is -2.22. The second-order valence-electron chi connectivity index (χ2n) is 6.77. The largest absolute Gasteiger partial charge is 0.353 e. The first-order chi connectivity index (χ1) is 12.1. The van der Waals surface area contributed by atoms with Crippen molar-refractivity contribution in [3.63, 3.8) is 0 Å². The normalized spacial score (nSPS) is 15.1. The molecule has 132 valence electrons. The van der Waals surface area contributed by atoms with Crippen LogP contribution in [0.25, 0.3) is 11.3 Å². The molecule has 1 amide bonds. The van der Waals surface area contributed by atoms with Gasteiger partial charge in [-0.15, -0.1) is 10.2 Å². The molecule has 0 radical (unpaired) electrons. The van der Waals surface area contributed by atoms with E-state index in [0.29, 0.717) is 11.8 Å². The van der Waals surface area contributed by atoms with Crippen LogP contribution in [0.5, 0.6) is 0 Å². The fourth-order valence-electron chi connectivity index (χ4n) is 3.21. The summed E-state index contributed by atoms with van der Waals surface area (Å²) in [5.74, 6) is 0.492. The number of nitrogens with one attached hydrogen (secondary N) is 1. The number of thioether (sulfide) groups is 1. The van der Waals surface area contributed by atoms with Gasteiger partial charge in [-0.1, -0.05) is 48.7 Å². The summed E-state index contributed by atoms with van der Waals surface area (Å²) in [6.45, 7) is 4.15. The van der Waals surface area contributed by atoms with Crippen LogP contribution >= 0.6 is 11.8 Å². The molecule has 1 saturated carbocycles. The van der Waals surface area contributed by atoms with Crippen molar-refractivity contribution in [2.45, 2.75) is 57.0 Å². The number of aryl methyl sites for hydroxylation is 2. The van der Waals surface area contributed by atoms with E-state index in [2.05, 4.69) is 47.6 Å². The van der Waals surface area contributed by atoms with E-state index in [1.807, 2.05) is 12.1 Å². The van der Waals surface area contributed by atoms with Crippen molar-refractivity contribution in [3.8, 4) is 11.3 Å². The van der Waals surface area contributed by atoms with Crippen LogP contribution in [0.15, 0.2) is 35.4 Å². The van der Waals surface area contributed by atoms with Crippen LogP contribution < -0.4 is 5.32 Å². The summed E-state index contributed by atoms with van der Waals surface area (Å²) in [4.78, 5) is 12.1. The van der Waals surface area contributed by atoms with Gasteiger partial charge in [0.2, 0.25) is 5.91 Å². The van der Waals surface area contributed by atoms with Crippen LogP contribution in [0.1, 0.15) is 43.2 Å². The minimum Gasteiger partial charge on any atom is -0.353 e. The van der Waals surface area contributed by atoms with Gasteiger partial charge in [-0.25, -0.2) is 0 Å². The highest BCUT2D eigenvalue weighted by atomic mass is 32.2. The van der Waals surface area contributed by atoms with E-state index in [1.54, 1.807) is 0 Å². The molecule has 1 aromatic heterocycles. The maximum absolute atomic E-state index is 12.1. The molecule has 1 N–H and O–H groups in total. The Hall–Kier alpha value is -1.88. The standard InChI is InChI=1S/C20H25N3OS/c1-14-8-9-15(2)17(12-14)18-10-11-20(23-22-18)25-13-19(24)21-16-6-4-3-5-7-16/h8-12,16H,3-7,13H2,1-2H3,(H,21,24). The lowest BCUT2D eigenvalue weighted by Crippen LogP contribution is -2.37. The number of hydrogen-bond acceptors (Lipinski definition) is 4. The summed E-state index contributed by atoms with van der Waals surface area (Å²) in [5.41, 5.74) is 4.38. The Morgan fingerprint density at radius 2 is 1.92 bits per heavy atom. The molecule has 1 heterocycles. The molecule has 1 fully saturated rings. The molecule has 2 aromatic rings. The maximum atomic E-state index is 12.1. The average Bonchev–Trinajstić information content (AvgIpc) is 2.63. The summed E-state index contributed by atoms with van der Waals surface area (Å²) in [5, 5.41) is 12.5. The predicted molar refractivity (Wildman–Crippen MR) is 103 cm³/mol. The van der Waals surface area contributed by atoms with Crippen molar-refractivity contribution in [1.29, 1.82) is 0 Å². The van der Waals surface area contributed by atoms with Crippen LogP contribution in [0.2, 0.25) is 0 Å². The summed E-state index contributed by atoms with van der Waals surface area (Å²) in [6, 6.07) is 10.6. The third kappa shape index (κ3) is 5.05. The topological polar surface area (TPSA) is 54.9 Å². The van der Waals surface area contributed by atoms with Gasteiger partial charge < -0.3 is 5.32 Å². The van der Waals surface area contributed by atoms with Crippen LogP contribution in [0.4, 0.5) is 0 Å². The number of hydrogen-bond donors (Lipinski definition) is 1. The highest BCUT2D eigenvalue weighted by Crippen LogP contribution is 2.24. The second-order valence-corrected chi connectivity index (χ2v) is 7.76. The molecule has 1 aromatic carbocycles. The zero-order valence-electron chi connectivity index (χ0n) is 14.9. The molecule has 0 unspecified atom stereocenters. The first-order valence-corrected chi connectivity index (χ1v) is 9.94. The Morgan fingerprint density at radius 1 is 1.12 bits per heavy atom. The molecule has 0 aliphatic heterocycles. The third-order valence-electron chi connectivity index (χ3n) is 4.63. The van der Waals surface area contributed by atoms with Gasteiger partial charge >= 0.3 is 0 Å². The maximum Gasteiger partial charge on any atom is 0.230 e. The van der Waals surface area contributed by atoms with Crippen LogP contribution in [0.3, 0.4) is 0 Å². The van der Waals surface area contributed by atoms with Crippen molar-refractivity contribution >= 4 is 17.7 Å². The second kappa shape index (κ2) is 8.48. The van der Waals surface area contributed by atoms with Crippen molar-refractivity contribution in [2.75, 3.05) is 5.75 Å². The van der Waals surface area contributed by atoms with Gasteiger partial charge in [0.25, 0.3) is 0 Å². The molecule has 0 spiro atoms. The van der Waals surface area contributed by atoms with Gasteiger partial charge in [-0.3, -0.25) is 4.79 Å². The molecular weight excluding hydrogens is 330 g/mol. The highest BCUT2D eigenvalue weighted by Gasteiger charge is 2.15. The number of aromatic nitrogens is 2. The van der Waals surface area contributed by atoms with E-state index in [0.717, 1.165) is 29.1 Å². The van der Waals surface area contributed by atoms with Crippen molar-refractivity contribution in [3.05, 3.63) is 41.5 Å². The van der Waals surface area contributed by atoms with Gasteiger partial charge in [0.05, 0.1) is 11.4 Å². The monoisotopic (exact) mass is 355 g/mol. The molecule has 0 atom stereocenters. The SMILES string of the molecule is Cc1ccc(C)c(-c2ccc(SCC(=O)NC3CCCCC3)nn2)c1. The molecule has 0 saturated heterocycles. The fourth-order valence-corrected chi connectivity index (χ4v) is 3.83. The van der Waals surface area contributed by atoms with Gasteiger partial charge in [0.15, 0.2) is 0 Å². The zero-order valence-corrected chi connectivity index (χ0v) is 15.7. The van der Waals surface area contributed by atoms with Crippen LogP contribution in [0, 0.1) is 13.8 Å². The van der Waals surface area contributed by atoms with E-state index in [1.165, 1.54) is 42.2 Å². The van der Waals surface area contributed by atoms with E-state index < -0.39 is 0 Å². The van der Waals surface area contributed by atoms with E-state index in [4.69, 9.17) is 0 Å². The minimum atomic E-state index is 0.0947. The molecule has 3 rings (SSSR count). The molecule has 0 bridgehead atoms. The van der Waals surface area contributed by atoms with Crippen LogP contribution in [-0.2, 0) is 4.79 Å². The van der Waals surface area contributed by atoms with Gasteiger partial charge in [0.1, 0.15) is 5.03 Å². The summed E-state index contributed by atoms with van der Waals surface area (Å²) in [7, 11) is 0. The smallest absolute Gasteiger partial charge is 0.230 e. The zero-order chi connectivity index (χ0) is 17.6. The highest BCUT2D eigenvalue weighted by molar-refractivity contribution is 7.99. The van der Waals surface area contributed by atoms with Crippen molar-refractivity contribution < 1.29 is 4.79 Å². The summed E-state index contributed by atoms with van der Waals surface area (Å²) in [6.07, 6.45) is 5.97. The lowest BCUT2D eigenvalue weighted by molar-refractivity contribution is -0.119. The lowest BCUT2D eigenvalue weighted by atomic mass is 9.95. The van der Waals surface area contributed by atoms with E-state index in [9.17, 15) is 4.79 Å². The molecule has 1 aliphatic rings.